The predicted octanol–water partition coefficient (Wildman–Crippen LogP) is 1.13. The van der Waals surface area contributed by atoms with Gasteiger partial charge in [0, 0.05) is 13.6 Å². The van der Waals surface area contributed by atoms with Gasteiger partial charge in [0.2, 0.25) is 5.91 Å². The lowest BCUT2D eigenvalue weighted by atomic mass is 10.1. The van der Waals surface area contributed by atoms with Gasteiger partial charge < -0.3 is 16.0 Å². The predicted molar refractivity (Wildman–Crippen MR) is 71.5 cm³/mol. The van der Waals surface area contributed by atoms with E-state index >= 15 is 0 Å². The number of nitrogens with one attached hydrogen (secondary N) is 1. The Morgan fingerprint density at radius 1 is 1.44 bits per heavy atom. The zero-order valence-electron chi connectivity index (χ0n) is 10.4. The highest BCUT2D eigenvalue weighted by Gasteiger charge is 2.19. The number of rotatable bonds is 4. The minimum absolute atomic E-state index is 0.00220. The van der Waals surface area contributed by atoms with Gasteiger partial charge in [-0.25, -0.2) is 0 Å². The van der Waals surface area contributed by atoms with Crippen molar-refractivity contribution in [1.82, 2.24) is 10.2 Å². The molecule has 1 rings (SSSR count). The van der Waals surface area contributed by atoms with E-state index in [1.807, 2.05) is 0 Å². The van der Waals surface area contributed by atoms with Gasteiger partial charge in [-0.05, 0) is 19.1 Å². The normalized spacial score (nSPS) is 9.94. The van der Waals surface area contributed by atoms with Crippen LogP contribution in [0.15, 0.2) is 18.2 Å². The fraction of sp³-hybridized carbons (Fsp3) is 0.333. The van der Waals surface area contributed by atoms with E-state index in [1.165, 1.54) is 11.9 Å². The lowest BCUT2D eigenvalue weighted by Gasteiger charge is -2.20. The summed E-state index contributed by atoms with van der Waals surface area (Å²) in [5.41, 5.74) is 6.31. The molecule has 0 aliphatic heterocycles. The van der Waals surface area contributed by atoms with Crippen molar-refractivity contribution in [3.05, 3.63) is 28.8 Å². The van der Waals surface area contributed by atoms with Crippen molar-refractivity contribution in [2.45, 2.75) is 6.92 Å². The van der Waals surface area contributed by atoms with E-state index in [2.05, 4.69) is 5.32 Å². The first-order valence-electron chi connectivity index (χ1n) is 5.55. The van der Waals surface area contributed by atoms with Crippen molar-refractivity contribution in [2.24, 2.45) is 0 Å². The Kier molecular flexibility index (Phi) is 4.97. The molecule has 1 aromatic rings. The molecule has 18 heavy (non-hydrogen) atoms. The first kappa shape index (κ1) is 14.3. The maximum absolute atomic E-state index is 12.2. The van der Waals surface area contributed by atoms with Crippen LogP contribution < -0.4 is 11.1 Å². The van der Waals surface area contributed by atoms with Gasteiger partial charge in [0.25, 0.3) is 5.91 Å². The van der Waals surface area contributed by atoms with Gasteiger partial charge >= 0.3 is 0 Å². The summed E-state index contributed by atoms with van der Waals surface area (Å²) in [4.78, 5) is 24.9. The summed E-state index contributed by atoms with van der Waals surface area (Å²) < 4.78 is 0. The summed E-state index contributed by atoms with van der Waals surface area (Å²) in [6.07, 6.45) is 0. The van der Waals surface area contributed by atoms with Crippen LogP contribution >= 0.6 is 11.6 Å². The number of carbonyl (C=O) groups excluding carboxylic acids is 2. The number of nitrogens with two attached hydrogens (primary N) is 1. The molecule has 1 aromatic carbocycles. The Balaban J connectivity index is 2.97. The molecular weight excluding hydrogens is 254 g/mol. The van der Waals surface area contributed by atoms with Crippen molar-refractivity contribution < 1.29 is 9.59 Å². The molecule has 2 amide bonds. The lowest BCUT2D eigenvalue weighted by Crippen LogP contribution is -2.39. The standard InChI is InChI=1S/C12H16ClN3O2/c1-3-16(7-10(17)15-2)12(18)8-5-4-6-9(13)11(8)14/h4-6H,3,7,14H2,1-2H3,(H,15,17). The van der Waals surface area contributed by atoms with Gasteiger partial charge in [0.05, 0.1) is 22.8 Å². The smallest absolute Gasteiger partial charge is 0.256 e. The molecule has 0 aliphatic rings. The van der Waals surface area contributed by atoms with E-state index in [9.17, 15) is 9.59 Å². The van der Waals surface area contributed by atoms with Crippen LogP contribution in [-0.4, -0.2) is 36.9 Å². The first-order valence-corrected chi connectivity index (χ1v) is 5.92. The van der Waals surface area contributed by atoms with Crippen LogP contribution in [-0.2, 0) is 4.79 Å². The molecule has 0 saturated carbocycles. The van der Waals surface area contributed by atoms with Crippen molar-refractivity contribution >= 4 is 29.1 Å². The summed E-state index contributed by atoms with van der Waals surface area (Å²) in [6, 6.07) is 4.86. The molecule has 0 fully saturated rings. The molecule has 0 atom stereocenters. The largest absolute Gasteiger partial charge is 0.397 e. The zero-order valence-corrected chi connectivity index (χ0v) is 11.1. The third-order valence-electron chi connectivity index (χ3n) is 2.57. The minimum atomic E-state index is -0.305. The minimum Gasteiger partial charge on any atom is -0.397 e. The molecule has 6 heteroatoms. The number of amides is 2. The maximum Gasteiger partial charge on any atom is 0.256 e. The van der Waals surface area contributed by atoms with E-state index in [-0.39, 0.29) is 24.0 Å². The van der Waals surface area contributed by atoms with Gasteiger partial charge in [-0.3, -0.25) is 9.59 Å². The average Bonchev–Trinajstić information content (AvgIpc) is 2.38. The van der Waals surface area contributed by atoms with Crippen molar-refractivity contribution in [3.63, 3.8) is 0 Å². The fourth-order valence-electron chi connectivity index (χ4n) is 1.47. The van der Waals surface area contributed by atoms with Crippen LogP contribution in [0, 0.1) is 0 Å². The second kappa shape index (κ2) is 6.26. The second-order valence-electron chi connectivity index (χ2n) is 3.69. The Morgan fingerprint density at radius 2 is 2.11 bits per heavy atom. The SMILES string of the molecule is CCN(CC(=O)NC)C(=O)c1cccc(Cl)c1N. The van der Waals surface area contributed by atoms with Crippen LogP contribution in [0.3, 0.4) is 0 Å². The van der Waals surface area contributed by atoms with Gasteiger partial charge in [-0.15, -0.1) is 0 Å². The Hall–Kier alpha value is -1.75. The van der Waals surface area contributed by atoms with Crippen LogP contribution in [0.5, 0.6) is 0 Å². The van der Waals surface area contributed by atoms with Crippen LogP contribution in [0.25, 0.3) is 0 Å². The topological polar surface area (TPSA) is 75.4 Å². The van der Waals surface area contributed by atoms with Crippen LogP contribution in [0.1, 0.15) is 17.3 Å². The Morgan fingerprint density at radius 3 is 2.67 bits per heavy atom. The van der Waals surface area contributed by atoms with E-state index < -0.39 is 0 Å². The monoisotopic (exact) mass is 269 g/mol. The number of carbonyl (C=O) groups is 2. The molecular formula is C12H16ClN3O2. The van der Waals surface area contributed by atoms with Gasteiger partial charge in [-0.2, -0.15) is 0 Å². The first-order chi connectivity index (χ1) is 8.51. The highest BCUT2D eigenvalue weighted by atomic mass is 35.5. The third-order valence-corrected chi connectivity index (χ3v) is 2.90. The number of hydrogen-bond acceptors (Lipinski definition) is 3. The fourth-order valence-corrected chi connectivity index (χ4v) is 1.65. The molecule has 0 spiro atoms. The number of likely N-dealkylation sites (N-methyl/N-ethyl adjacent to an activating group) is 2. The Bertz CT molecular complexity index is 463. The summed E-state index contributed by atoms with van der Waals surface area (Å²) in [5, 5.41) is 2.80. The van der Waals surface area contributed by atoms with E-state index in [1.54, 1.807) is 25.1 Å². The van der Waals surface area contributed by atoms with Crippen molar-refractivity contribution in [2.75, 3.05) is 25.9 Å². The van der Waals surface area contributed by atoms with Crippen molar-refractivity contribution in [3.8, 4) is 0 Å². The molecule has 0 radical (unpaired) electrons. The molecule has 0 saturated heterocycles. The third kappa shape index (κ3) is 3.13. The van der Waals surface area contributed by atoms with Crippen LogP contribution in [0.2, 0.25) is 5.02 Å². The number of nitrogens with zero attached hydrogens (tertiary/aromatic N) is 1. The quantitative estimate of drug-likeness (QED) is 0.805. The molecule has 5 nitrogen and oxygen atoms in total. The molecule has 0 aromatic heterocycles. The molecule has 0 heterocycles. The number of halogens is 1. The zero-order chi connectivity index (χ0) is 13.7. The number of hydrogen-bond donors (Lipinski definition) is 2. The number of benzene rings is 1. The molecule has 0 bridgehead atoms. The number of nitrogen functional groups attached to an aromatic ring is 1. The van der Waals surface area contributed by atoms with Crippen molar-refractivity contribution in [1.29, 1.82) is 0 Å². The van der Waals surface area contributed by atoms with Gasteiger partial charge in [0.1, 0.15) is 0 Å². The van der Waals surface area contributed by atoms with Gasteiger partial charge in [0.15, 0.2) is 0 Å². The number of para-hydroxylation sites is 1. The van der Waals surface area contributed by atoms with Gasteiger partial charge in [-0.1, -0.05) is 17.7 Å². The lowest BCUT2D eigenvalue weighted by molar-refractivity contribution is -0.121. The molecule has 98 valence electrons. The van der Waals surface area contributed by atoms with E-state index in [0.29, 0.717) is 17.1 Å². The summed E-state index contributed by atoms with van der Waals surface area (Å²) in [5.74, 6) is -0.535. The summed E-state index contributed by atoms with van der Waals surface area (Å²) >= 11 is 5.86. The summed E-state index contributed by atoms with van der Waals surface area (Å²) in [6.45, 7) is 2.21. The maximum atomic E-state index is 12.2. The van der Waals surface area contributed by atoms with Crippen LogP contribution in [0.4, 0.5) is 5.69 Å². The molecule has 0 unspecified atom stereocenters. The van der Waals surface area contributed by atoms with E-state index in [4.69, 9.17) is 17.3 Å². The average molecular weight is 270 g/mol. The van der Waals surface area contributed by atoms with E-state index in [0.717, 1.165) is 0 Å². The second-order valence-corrected chi connectivity index (χ2v) is 4.10. The number of anilines is 1. The highest BCUT2D eigenvalue weighted by Crippen LogP contribution is 2.23. The summed E-state index contributed by atoms with van der Waals surface area (Å²) in [7, 11) is 1.52. The Labute approximate surface area is 111 Å². The molecule has 0 aliphatic carbocycles. The highest BCUT2D eigenvalue weighted by molar-refractivity contribution is 6.33. The molecule has 3 N–H and O–H groups in total.